The maximum absolute atomic E-state index is 13.1. The highest BCUT2D eigenvalue weighted by molar-refractivity contribution is 7.81. The number of nitrogens with one attached hydrogen (secondary N) is 2. The molecular formula is C36H36F6N6OS. The van der Waals surface area contributed by atoms with Gasteiger partial charge in [0, 0.05) is 62.1 Å². The van der Waals surface area contributed by atoms with Crippen molar-refractivity contribution < 1.29 is 31.1 Å². The van der Waals surface area contributed by atoms with Gasteiger partial charge >= 0.3 is 12.4 Å². The molecule has 7 nitrogen and oxygen atoms in total. The van der Waals surface area contributed by atoms with Crippen LogP contribution in [-0.2, 0) is 12.4 Å². The maximum Gasteiger partial charge on any atom is 0.416 e. The van der Waals surface area contributed by atoms with Crippen LogP contribution in [0, 0.1) is 0 Å². The van der Waals surface area contributed by atoms with Crippen LogP contribution in [-0.4, -0.2) is 47.0 Å². The molecule has 2 aromatic carbocycles. The van der Waals surface area contributed by atoms with Crippen LogP contribution in [0.3, 0.4) is 0 Å². The van der Waals surface area contributed by atoms with E-state index in [1.54, 1.807) is 24.5 Å². The first-order chi connectivity index (χ1) is 23.9. The van der Waals surface area contributed by atoms with Gasteiger partial charge < -0.3 is 20.4 Å². The third-order valence-corrected chi connectivity index (χ3v) is 8.76. The second-order valence-corrected chi connectivity index (χ2v) is 12.3. The molecule has 2 aliphatic rings. The lowest BCUT2D eigenvalue weighted by atomic mass is 10.1. The third kappa shape index (κ3) is 9.71. The molecule has 2 N–H and O–H groups in total. The molecule has 0 unspecified atom stereocenters. The predicted octanol–water partition coefficient (Wildman–Crippen LogP) is 9.22. The number of hydrogen-bond acceptors (Lipinski definition) is 6. The normalized spacial score (nSPS) is 15.1. The maximum atomic E-state index is 13.1. The van der Waals surface area contributed by atoms with Crippen molar-refractivity contribution in [3.63, 3.8) is 0 Å². The van der Waals surface area contributed by atoms with E-state index in [1.807, 2.05) is 4.90 Å². The Labute approximate surface area is 291 Å². The van der Waals surface area contributed by atoms with Crippen molar-refractivity contribution in [2.75, 3.05) is 46.6 Å². The summed E-state index contributed by atoms with van der Waals surface area (Å²) in [5.74, 6) is -0.458. The average Bonchev–Trinajstić information content (AvgIpc) is 3.12. The Morgan fingerprint density at radius 2 is 0.980 bits per heavy atom. The number of carbonyl (C=O) groups is 1. The van der Waals surface area contributed by atoms with Gasteiger partial charge in [-0.25, -0.2) is 0 Å². The number of carbonyl (C=O) groups excluding carboxylic acids is 1. The molecule has 2 saturated heterocycles. The summed E-state index contributed by atoms with van der Waals surface area (Å²) in [4.78, 5) is 24.6. The number of pyridine rings is 2. The number of hydrogen-bond donors (Lipinski definition) is 2. The van der Waals surface area contributed by atoms with Crippen LogP contribution in [0.5, 0.6) is 0 Å². The van der Waals surface area contributed by atoms with Crippen LogP contribution in [0.1, 0.15) is 65.6 Å². The molecule has 14 heteroatoms. The van der Waals surface area contributed by atoms with E-state index in [0.29, 0.717) is 27.5 Å². The summed E-state index contributed by atoms with van der Waals surface area (Å²) in [6.07, 6.45) is 3.57. The van der Waals surface area contributed by atoms with E-state index in [0.717, 1.165) is 94.7 Å². The van der Waals surface area contributed by atoms with E-state index in [9.17, 15) is 31.1 Å². The van der Waals surface area contributed by atoms with E-state index in [-0.39, 0.29) is 5.69 Å². The molecule has 0 aliphatic carbocycles. The number of aromatic nitrogens is 2. The van der Waals surface area contributed by atoms with Crippen LogP contribution in [0.2, 0.25) is 0 Å². The lowest BCUT2D eigenvalue weighted by Gasteiger charge is -2.31. The fourth-order valence-electron chi connectivity index (χ4n) is 5.84. The highest BCUT2D eigenvalue weighted by Crippen LogP contribution is 2.38. The van der Waals surface area contributed by atoms with Crippen molar-refractivity contribution in [2.24, 2.45) is 0 Å². The van der Waals surface area contributed by atoms with Crippen molar-refractivity contribution in [1.29, 1.82) is 0 Å². The number of anilines is 4. The van der Waals surface area contributed by atoms with Gasteiger partial charge in [0.1, 0.15) is 4.99 Å². The average molecular weight is 715 g/mol. The van der Waals surface area contributed by atoms with Gasteiger partial charge in [0.05, 0.1) is 33.9 Å². The number of piperidine rings is 2. The molecule has 4 aromatic rings. The first kappa shape index (κ1) is 36.6. The molecule has 6 rings (SSSR count). The van der Waals surface area contributed by atoms with E-state index in [2.05, 4.69) is 25.5 Å². The topological polar surface area (TPSA) is 73.4 Å². The van der Waals surface area contributed by atoms with Crippen LogP contribution in [0.25, 0.3) is 0 Å². The SMILES string of the molecule is FC(F)(F)c1ccc(N2CCCCC2)c(NC(=S)c2ccncc2)c1.O=C(Nc1cc(C(F)(F)F)ccc1N1CCCCC1)c1ccncc1. The lowest BCUT2D eigenvalue weighted by Crippen LogP contribution is -2.30. The minimum Gasteiger partial charge on any atom is -0.370 e. The summed E-state index contributed by atoms with van der Waals surface area (Å²) >= 11 is 5.36. The summed E-state index contributed by atoms with van der Waals surface area (Å²) in [6.45, 7) is 3.21. The Bertz CT molecular complexity index is 1610. The van der Waals surface area contributed by atoms with E-state index in [4.69, 9.17) is 12.2 Å². The fourth-order valence-corrected chi connectivity index (χ4v) is 6.09. The van der Waals surface area contributed by atoms with Crippen molar-refractivity contribution >= 4 is 45.9 Å². The number of amides is 1. The first-order valence-electron chi connectivity index (χ1n) is 16.3. The highest BCUT2D eigenvalue weighted by atomic mass is 32.1. The molecule has 2 fully saturated rings. The first-order valence-corrected chi connectivity index (χ1v) is 16.7. The Kier molecular flexibility index (Phi) is 11.9. The number of benzene rings is 2. The van der Waals surface area contributed by atoms with Gasteiger partial charge in [-0.1, -0.05) is 12.2 Å². The van der Waals surface area contributed by atoms with Gasteiger partial charge in [0.15, 0.2) is 0 Å². The van der Waals surface area contributed by atoms with Crippen LogP contribution in [0.4, 0.5) is 49.1 Å². The van der Waals surface area contributed by atoms with E-state index < -0.39 is 29.4 Å². The standard InChI is InChI=1S/C18H18F3N3O.C18H18F3N3S/c2*19-18(20,21)14-4-5-16(24-10-2-1-3-11-24)15(12-14)23-17(25)13-6-8-22-9-7-13/h2*4-9,12H,1-3,10-11H2,(H,23,25). The predicted molar refractivity (Wildman–Crippen MR) is 187 cm³/mol. The number of halogens is 6. The molecule has 0 spiro atoms. The Morgan fingerprint density at radius 1 is 0.580 bits per heavy atom. The van der Waals surface area contributed by atoms with Crippen LogP contribution in [0.15, 0.2) is 85.5 Å². The van der Waals surface area contributed by atoms with Crippen molar-refractivity contribution in [1.82, 2.24) is 9.97 Å². The minimum absolute atomic E-state index is 0.179. The summed E-state index contributed by atoms with van der Waals surface area (Å²) in [5, 5.41) is 5.63. The zero-order valence-corrected chi connectivity index (χ0v) is 27.8. The summed E-state index contributed by atoms with van der Waals surface area (Å²) in [6, 6.07) is 13.8. The zero-order chi connectivity index (χ0) is 35.7. The van der Waals surface area contributed by atoms with Gasteiger partial charge in [0.25, 0.3) is 5.91 Å². The molecule has 50 heavy (non-hydrogen) atoms. The summed E-state index contributed by atoms with van der Waals surface area (Å²) in [7, 11) is 0. The van der Waals surface area contributed by atoms with Crippen molar-refractivity contribution in [3.8, 4) is 0 Å². The van der Waals surface area contributed by atoms with Gasteiger partial charge in [-0.3, -0.25) is 14.8 Å². The molecule has 2 aromatic heterocycles. The molecule has 4 heterocycles. The third-order valence-electron chi connectivity index (χ3n) is 8.42. The van der Waals surface area contributed by atoms with Crippen LogP contribution >= 0.6 is 12.2 Å². The Hall–Kier alpha value is -4.72. The van der Waals surface area contributed by atoms with Crippen LogP contribution < -0.4 is 20.4 Å². The van der Waals surface area contributed by atoms with Crippen molar-refractivity contribution in [2.45, 2.75) is 50.9 Å². The molecule has 2 aliphatic heterocycles. The van der Waals surface area contributed by atoms with Gasteiger partial charge in [-0.15, -0.1) is 0 Å². The molecule has 0 radical (unpaired) electrons. The molecule has 0 bridgehead atoms. The zero-order valence-electron chi connectivity index (χ0n) is 27.0. The lowest BCUT2D eigenvalue weighted by molar-refractivity contribution is -0.138. The summed E-state index contributed by atoms with van der Waals surface area (Å²) < 4.78 is 78.6. The van der Waals surface area contributed by atoms with E-state index >= 15 is 0 Å². The smallest absolute Gasteiger partial charge is 0.370 e. The van der Waals surface area contributed by atoms with Crippen molar-refractivity contribution in [3.05, 3.63) is 108 Å². The summed E-state index contributed by atoms with van der Waals surface area (Å²) in [5.41, 5.74) is 1.53. The Balaban J connectivity index is 0.000000194. The molecule has 0 saturated carbocycles. The quantitative estimate of drug-likeness (QED) is 0.152. The molecule has 1 amide bonds. The van der Waals surface area contributed by atoms with Gasteiger partial charge in [-0.2, -0.15) is 26.3 Å². The fraction of sp³-hybridized carbons (Fsp3) is 0.333. The monoisotopic (exact) mass is 714 g/mol. The minimum atomic E-state index is -4.46. The molecule has 264 valence electrons. The van der Waals surface area contributed by atoms with Gasteiger partial charge in [0.2, 0.25) is 0 Å². The Morgan fingerprint density at radius 3 is 1.40 bits per heavy atom. The number of rotatable bonds is 6. The largest absolute Gasteiger partial charge is 0.416 e. The second-order valence-electron chi connectivity index (χ2n) is 11.9. The van der Waals surface area contributed by atoms with Gasteiger partial charge in [-0.05, 0) is 99.2 Å². The second kappa shape index (κ2) is 16.3. The van der Waals surface area contributed by atoms with E-state index in [1.165, 1.54) is 36.7 Å². The molecule has 0 atom stereocenters. The number of alkyl halides is 6. The number of thiocarbonyl (C=S) groups is 1. The highest BCUT2D eigenvalue weighted by Gasteiger charge is 2.33. The number of nitrogens with zero attached hydrogens (tertiary/aromatic N) is 4. The molecular weight excluding hydrogens is 678 g/mol.